The third-order valence-corrected chi connectivity index (χ3v) is 16.0. The van der Waals surface area contributed by atoms with E-state index in [4.69, 9.17) is 0 Å². The predicted octanol–water partition coefficient (Wildman–Crippen LogP) is -6.09. The van der Waals surface area contributed by atoms with Crippen molar-refractivity contribution in [3.63, 3.8) is 0 Å². The molecule has 0 radical (unpaired) electrons. The van der Waals surface area contributed by atoms with E-state index in [0.29, 0.717) is 12.8 Å². The van der Waals surface area contributed by atoms with Gasteiger partial charge in [0.25, 0.3) is 0 Å². The normalized spacial score (nSPS) is 19.2. The minimum atomic E-state index is -1.76. The number of likely N-dealkylation sites (tertiary alicyclic amines) is 1. The summed E-state index contributed by atoms with van der Waals surface area (Å²) in [6.45, 7) is 4.51. The van der Waals surface area contributed by atoms with Crippen LogP contribution in [0.1, 0.15) is 72.1 Å². The van der Waals surface area contributed by atoms with E-state index < -0.39 is 140 Å². The Labute approximate surface area is 529 Å². The molecule has 0 spiro atoms. The second-order valence-electron chi connectivity index (χ2n) is 23.8. The zero-order valence-corrected chi connectivity index (χ0v) is 52.6. The molecule has 35 heteroatoms. The van der Waals surface area contributed by atoms with Gasteiger partial charge in [0.1, 0.15) is 6.04 Å². The number of carbonyl (C=O) groups is 13. The van der Waals surface area contributed by atoms with Crippen LogP contribution in [-0.4, -0.2) is 364 Å². The number of aliphatic carboxylic acids is 6. The van der Waals surface area contributed by atoms with Crippen LogP contribution < -0.4 is 21.3 Å². The summed E-state index contributed by atoms with van der Waals surface area (Å²) in [5.41, 5.74) is 0. The van der Waals surface area contributed by atoms with Gasteiger partial charge in [0.15, 0.2) is 11.6 Å². The zero-order valence-electron chi connectivity index (χ0n) is 52.6. The van der Waals surface area contributed by atoms with Gasteiger partial charge in [0.2, 0.25) is 29.5 Å². The summed E-state index contributed by atoms with van der Waals surface area (Å²) >= 11 is 0. The molecule has 3 fully saturated rings. The predicted molar refractivity (Wildman–Crippen MR) is 324 cm³/mol. The Balaban J connectivity index is 1.74. The Kier molecular flexibility index (Phi) is 35.9. The number of hydrogen-bond donors (Lipinski definition) is 12. The van der Waals surface area contributed by atoms with Gasteiger partial charge in [-0.2, -0.15) is 0 Å². The Bertz CT molecular complexity index is 2380. The molecule has 1 unspecified atom stereocenters. The maximum atomic E-state index is 14.1. The quantitative estimate of drug-likeness (QED) is 0.0208. The van der Waals surface area contributed by atoms with Gasteiger partial charge in [-0.05, 0) is 44.9 Å². The van der Waals surface area contributed by atoms with E-state index in [1.165, 1.54) is 11.8 Å². The van der Waals surface area contributed by atoms with Crippen molar-refractivity contribution in [3.8, 4) is 0 Å². The van der Waals surface area contributed by atoms with Crippen molar-refractivity contribution in [1.82, 2.24) is 65.4 Å². The van der Waals surface area contributed by atoms with Crippen LogP contribution in [-0.2, 0) is 62.3 Å². The van der Waals surface area contributed by atoms with Gasteiger partial charge < -0.3 is 66.9 Å². The molecule has 0 aromatic rings. The van der Waals surface area contributed by atoms with Crippen LogP contribution in [0.25, 0.3) is 0 Å². The molecule has 3 rings (SSSR count). The number of rotatable bonds is 35. The van der Waals surface area contributed by atoms with Crippen LogP contribution in [0.2, 0.25) is 0 Å². The standard InChI is InChI=1S/C56H96BN13O21/c1-39(2)42(55(88)60-40(3)56(89)70-12-6-8-45(70)57(90)91)29-41(71)30-59-46(73)10-9-44(72)43(61-48(75)32-63-15-19-66(35-51(80)81)23-27-69(38-54(86)87)28-24-67(20-16-63)36-52(82)83)7-4-5-11-58-47(74)31-62-13-17-64(33-49(76)77)21-25-68(37-53(84)85)26-22-65(18-14-62)34-50(78)79/h39-40,42-43,45,90-91H,4-38H2,1-3H3,(H,58,74)(H,59,73)(H,60,88)(H,61,75)(H,76,77)(H,78,79)(H,80,81)(H,82,83)(H,84,85)(H,86,87)/t40-,42+,43?,45+/m1/s1. The number of hydrogen-bond acceptors (Lipinski definition) is 23. The lowest BCUT2D eigenvalue weighted by Gasteiger charge is -2.33. The summed E-state index contributed by atoms with van der Waals surface area (Å²) in [6, 6.07) is -2.24. The molecule has 0 bridgehead atoms. The average Bonchev–Trinajstić information content (AvgIpc) is 1.83. The zero-order chi connectivity index (χ0) is 67.7. The van der Waals surface area contributed by atoms with Crippen molar-refractivity contribution >= 4 is 84.0 Å². The monoisotopic (exact) mass is 1300 g/mol. The second-order valence-corrected chi connectivity index (χ2v) is 23.8. The Morgan fingerprint density at radius 1 is 0.451 bits per heavy atom. The summed E-state index contributed by atoms with van der Waals surface area (Å²) < 4.78 is 0. The van der Waals surface area contributed by atoms with E-state index in [9.17, 15) is 103 Å². The van der Waals surface area contributed by atoms with Crippen molar-refractivity contribution in [3.05, 3.63) is 0 Å². The molecule has 3 aliphatic rings. The number of nitrogens with zero attached hydrogens (tertiary/aromatic N) is 9. The summed E-state index contributed by atoms with van der Waals surface area (Å²) in [5.74, 6) is -12.8. The fraction of sp³-hybridized carbons (Fsp3) is 0.768. The molecular weight excluding hydrogens is 1200 g/mol. The molecule has 3 heterocycles. The summed E-state index contributed by atoms with van der Waals surface area (Å²) in [6.07, 6.45) is 0.334. The molecule has 514 valence electrons. The van der Waals surface area contributed by atoms with Gasteiger partial charge >= 0.3 is 42.9 Å². The van der Waals surface area contributed by atoms with Crippen LogP contribution >= 0.6 is 0 Å². The van der Waals surface area contributed by atoms with Gasteiger partial charge in [-0.25, -0.2) is 0 Å². The summed E-state index contributed by atoms with van der Waals surface area (Å²) in [7, 11) is -1.76. The number of Topliss-reactive ketones (excluding diaryl/α,β-unsaturated/α-hetero) is 2. The van der Waals surface area contributed by atoms with E-state index in [-0.39, 0.29) is 189 Å². The minimum absolute atomic E-state index is 0.0197. The van der Waals surface area contributed by atoms with Crippen molar-refractivity contribution in [1.29, 1.82) is 0 Å². The molecule has 91 heavy (non-hydrogen) atoms. The van der Waals surface area contributed by atoms with Crippen molar-refractivity contribution in [2.24, 2.45) is 11.8 Å². The third kappa shape index (κ3) is 32.8. The number of ketones is 2. The first-order valence-electron chi connectivity index (χ1n) is 30.9. The fourth-order valence-corrected chi connectivity index (χ4v) is 10.9. The average molecular weight is 1300 g/mol. The number of unbranched alkanes of at least 4 members (excludes halogenated alkanes) is 1. The number of nitrogens with one attached hydrogen (secondary N) is 4. The van der Waals surface area contributed by atoms with E-state index in [1.807, 2.05) is 0 Å². The maximum Gasteiger partial charge on any atom is 0.475 e. The third-order valence-electron chi connectivity index (χ3n) is 16.0. The summed E-state index contributed by atoms with van der Waals surface area (Å²) in [5, 5.41) is 87.8. The van der Waals surface area contributed by atoms with Crippen LogP contribution in [0.4, 0.5) is 0 Å². The highest BCUT2D eigenvalue weighted by molar-refractivity contribution is 6.43. The minimum Gasteiger partial charge on any atom is -0.480 e. The maximum absolute atomic E-state index is 14.1. The van der Waals surface area contributed by atoms with Gasteiger partial charge in [0, 0.05) is 143 Å². The molecule has 34 nitrogen and oxygen atoms in total. The lowest BCUT2D eigenvalue weighted by Crippen LogP contribution is -2.53. The highest BCUT2D eigenvalue weighted by Crippen LogP contribution is 2.21. The molecule has 3 saturated heterocycles. The molecule has 3 aliphatic heterocycles. The van der Waals surface area contributed by atoms with Gasteiger partial charge in [-0.3, -0.25) is 102 Å². The van der Waals surface area contributed by atoms with Crippen molar-refractivity contribution in [2.75, 3.05) is 177 Å². The van der Waals surface area contributed by atoms with Crippen LogP contribution in [0.15, 0.2) is 0 Å². The smallest absolute Gasteiger partial charge is 0.475 e. The largest absolute Gasteiger partial charge is 0.480 e. The van der Waals surface area contributed by atoms with Crippen molar-refractivity contribution < 1.29 is 103 Å². The Morgan fingerprint density at radius 2 is 0.824 bits per heavy atom. The SMILES string of the molecule is CC(C)[C@H](CC(=O)CNC(=O)CCC(=O)C(CCCCNC(=O)CN1CCN(CC(=O)O)CCN(CC(=O)O)CCN(CC(=O)O)CC1)NC(=O)CN1CCN(CC(=O)O)CCN(CC(=O)O)CCN(CC(=O)O)CC1)C(=O)N[C@H](C)C(=O)N1CCC[C@H]1B(O)O. The number of amides is 5. The fourth-order valence-electron chi connectivity index (χ4n) is 10.9. The van der Waals surface area contributed by atoms with E-state index in [0.717, 1.165) is 0 Å². The first-order valence-corrected chi connectivity index (χ1v) is 30.9. The Hall–Kier alpha value is -6.83. The first kappa shape index (κ1) is 78.4. The van der Waals surface area contributed by atoms with E-state index >= 15 is 0 Å². The number of carbonyl (C=O) groups excluding carboxylic acids is 7. The topological polar surface area (TPSA) is 461 Å². The van der Waals surface area contributed by atoms with E-state index in [2.05, 4.69) is 21.3 Å². The van der Waals surface area contributed by atoms with Gasteiger partial charge in [0.05, 0.1) is 70.9 Å². The van der Waals surface area contributed by atoms with E-state index in [1.54, 1.807) is 53.0 Å². The van der Waals surface area contributed by atoms with Gasteiger partial charge in [-0.1, -0.05) is 13.8 Å². The molecule has 4 atom stereocenters. The first-order chi connectivity index (χ1) is 43.0. The van der Waals surface area contributed by atoms with Crippen LogP contribution in [0, 0.1) is 11.8 Å². The second kappa shape index (κ2) is 41.6. The molecule has 0 aromatic carbocycles. The highest BCUT2D eigenvalue weighted by Gasteiger charge is 2.39. The molecule has 0 aliphatic carbocycles. The number of carboxylic acid groups (broad SMARTS) is 6. The molecule has 5 amide bonds. The molecule has 12 N–H and O–H groups in total. The van der Waals surface area contributed by atoms with Crippen molar-refractivity contribution in [2.45, 2.75) is 90.2 Å². The van der Waals surface area contributed by atoms with Gasteiger partial charge in [-0.15, -0.1) is 0 Å². The molecular formula is C56H96BN13O21. The van der Waals surface area contributed by atoms with Crippen LogP contribution in [0.3, 0.4) is 0 Å². The Morgan fingerprint density at radius 3 is 1.19 bits per heavy atom. The lowest BCUT2D eigenvalue weighted by molar-refractivity contribution is -0.140. The lowest BCUT2D eigenvalue weighted by atomic mass is 9.78. The summed E-state index contributed by atoms with van der Waals surface area (Å²) in [4.78, 5) is 179. The molecule has 0 saturated carbocycles. The molecule has 0 aromatic heterocycles. The number of carboxylic acids is 6. The highest BCUT2D eigenvalue weighted by atomic mass is 16.4. The van der Waals surface area contributed by atoms with Crippen LogP contribution in [0.5, 0.6) is 0 Å².